The molecule has 2 aromatic rings. The van der Waals surface area contributed by atoms with E-state index in [9.17, 15) is 5.11 Å². The van der Waals surface area contributed by atoms with Crippen molar-refractivity contribution in [2.24, 2.45) is 10.7 Å². The maximum atomic E-state index is 10.1. The summed E-state index contributed by atoms with van der Waals surface area (Å²) in [5.41, 5.74) is 5.93. The van der Waals surface area contributed by atoms with Gasteiger partial charge in [0.05, 0.1) is 6.54 Å². The highest BCUT2D eigenvalue weighted by molar-refractivity contribution is 7.21. The van der Waals surface area contributed by atoms with Gasteiger partial charge < -0.3 is 15.7 Å². The molecular weight excluding hydrogens is 246 g/mol. The van der Waals surface area contributed by atoms with Crippen LogP contribution in [0.4, 0.5) is 0 Å². The van der Waals surface area contributed by atoms with Crippen molar-refractivity contribution in [1.82, 2.24) is 4.90 Å². The number of likely N-dealkylation sites (N-methyl/N-ethyl adjacent to an activating group) is 1. The van der Waals surface area contributed by atoms with Gasteiger partial charge in [-0.2, -0.15) is 0 Å². The fourth-order valence-electron chi connectivity index (χ4n) is 1.65. The van der Waals surface area contributed by atoms with E-state index in [1.807, 2.05) is 43.3 Å². The van der Waals surface area contributed by atoms with Crippen molar-refractivity contribution in [2.45, 2.75) is 0 Å². The molecule has 18 heavy (non-hydrogen) atoms. The second-order valence-corrected chi connectivity index (χ2v) is 5.40. The second-order valence-electron chi connectivity index (χ2n) is 4.35. The molecule has 3 N–H and O–H groups in total. The van der Waals surface area contributed by atoms with Crippen LogP contribution < -0.4 is 5.73 Å². The number of hydrogen-bond donors (Lipinski definition) is 2. The molecule has 0 spiro atoms. The monoisotopic (exact) mass is 263 g/mol. The zero-order valence-corrected chi connectivity index (χ0v) is 11.4. The Bertz CT molecular complexity index is 575. The van der Waals surface area contributed by atoms with Crippen molar-refractivity contribution in [3.05, 3.63) is 29.1 Å². The van der Waals surface area contributed by atoms with E-state index in [-0.39, 0.29) is 5.75 Å². The molecule has 4 nitrogen and oxygen atoms in total. The third-order valence-electron chi connectivity index (χ3n) is 2.63. The Hall–Kier alpha value is -1.59. The molecule has 0 saturated heterocycles. The van der Waals surface area contributed by atoms with E-state index in [0.29, 0.717) is 17.3 Å². The van der Waals surface area contributed by atoms with Gasteiger partial charge in [0, 0.05) is 16.6 Å². The normalized spacial score (nSPS) is 12.5. The molecule has 0 fully saturated rings. The first-order chi connectivity index (χ1) is 8.59. The van der Waals surface area contributed by atoms with Gasteiger partial charge in [0.1, 0.15) is 16.5 Å². The molecule has 1 heterocycles. The third kappa shape index (κ3) is 2.63. The molecule has 0 atom stereocenters. The molecule has 2 rings (SSSR count). The van der Waals surface area contributed by atoms with Crippen LogP contribution in [0, 0.1) is 0 Å². The summed E-state index contributed by atoms with van der Waals surface area (Å²) in [6.45, 7) is 1.47. The smallest absolute Gasteiger partial charge is 0.145 e. The molecule has 1 aromatic carbocycles. The first-order valence-electron chi connectivity index (χ1n) is 5.75. The predicted molar refractivity (Wildman–Crippen MR) is 77.6 cm³/mol. The summed E-state index contributed by atoms with van der Waals surface area (Å²) in [7, 11) is 3.98. The molecule has 0 unspecified atom stereocenters. The van der Waals surface area contributed by atoms with Crippen LogP contribution in [0.1, 0.15) is 4.88 Å². The quantitative estimate of drug-likeness (QED) is 0.654. The molecule has 0 bridgehead atoms. The summed E-state index contributed by atoms with van der Waals surface area (Å²) in [6.07, 6.45) is 0. The second kappa shape index (κ2) is 5.37. The van der Waals surface area contributed by atoms with Crippen molar-refractivity contribution >= 4 is 27.3 Å². The van der Waals surface area contributed by atoms with Crippen LogP contribution in [0.2, 0.25) is 0 Å². The highest BCUT2D eigenvalue weighted by Crippen LogP contribution is 2.36. The Morgan fingerprint density at radius 2 is 2.11 bits per heavy atom. The third-order valence-corrected chi connectivity index (χ3v) is 3.81. The van der Waals surface area contributed by atoms with Crippen molar-refractivity contribution in [3.8, 4) is 5.75 Å². The average Bonchev–Trinajstić information content (AvgIpc) is 2.67. The van der Waals surface area contributed by atoms with Gasteiger partial charge in [0.25, 0.3) is 0 Å². The summed E-state index contributed by atoms with van der Waals surface area (Å²) < 4.78 is 1.02. The van der Waals surface area contributed by atoms with Crippen LogP contribution in [0.5, 0.6) is 5.75 Å². The van der Waals surface area contributed by atoms with Gasteiger partial charge in [-0.25, -0.2) is 0 Å². The van der Waals surface area contributed by atoms with Crippen molar-refractivity contribution in [1.29, 1.82) is 0 Å². The highest BCUT2D eigenvalue weighted by Gasteiger charge is 2.13. The maximum Gasteiger partial charge on any atom is 0.145 e. The number of thiophene rings is 1. The van der Waals surface area contributed by atoms with E-state index in [2.05, 4.69) is 4.99 Å². The largest absolute Gasteiger partial charge is 0.506 e. The zero-order valence-electron chi connectivity index (χ0n) is 10.6. The molecular formula is C13H17N3OS. The van der Waals surface area contributed by atoms with Crippen LogP contribution >= 0.6 is 11.3 Å². The lowest BCUT2D eigenvalue weighted by Crippen LogP contribution is -2.19. The van der Waals surface area contributed by atoms with Crippen LogP contribution in [0.15, 0.2) is 29.3 Å². The van der Waals surface area contributed by atoms with E-state index in [1.165, 1.54) is 11.3 Å². The molecule has 96 valence electrons. The van der Waals surface area contributed by atoms with Crippen molar-refractivity contribution in [2.75, 3.05) is 27.2 Å². The fourth-order valence-corrected chi connectivity index (χ4v) is 2.66. The number of aliphatic imine (C=N–C) groups is 1. The molecule has 5 heteroatoms. The van der Waals surface area contributed by atoms with Gasteiger partial charge >= 0.3 is 0 Å². The van der Waals surface area contributed by atoms with Gasteiger partial charge in [-0.3, -0.25) is 4.99 Å². The van der Waals surface area contributed by atoms with Gasteiger partial charge in [-0.05, 0) is 26.2 Å². The number of amidine groups is 1. The Morgan fingerprint density at radius 1 is 1.39 bits per heavy atom. The number of benzene rings is 1. The predicted octanol–water partition coefficient (Wildman–Crippen LogP) is 1.87. The van der Waals surface area contributed by atoms with Crippen LogP contribution in [-0.2, 0) is 0 Å². The summed E-state index contributed by atoms with van der Waals surface area (Å²) >= 11 is 1.47. The van der Waals surface area contributed by atoms with E-state index < -0.39 is 0 Å². The minimum atomic E-state index is 0.238. The number of nitrogens with two attached hydrogens (primary N) is 1. The number of fused-ring (bicyclic) bond motifs is 1. The first-order valence-corrected chi connectivity index (χ1v) is 6.56. The molecule has 1 aromatic heterocycles. The van der Waals surface area contributed by atoms with Gasteiger partial charge in [-0.15, -0.1) is 11.3 Å². The zero-order chi connectivity index (χ0) is 13.1. The summed E-state index contributed by atoms with van der Waals surface area (Å²) in [5, 5.41) is 10.9. The van der Waals surface area contributed by atoms with Gasteiger partial charge in [-0.1, -0.05) is 12.1 Å². The molecule has 0 aliphatic rings. The fraction of sp³-hybridized carbons (Fsp3) is 0.308. The van der Waals surface area contributed by atoms with Gasteiger partial charge in [0.15, 0.2) is 0 Å². The Morgan fingerprint density at radius 3 is 2.78 bits per heavy atom. The first kappa shape index (κ1) is 12.9. The lowest BCUT2D eigenvalue weighted by molar-refractivity contribution is 0.420. The maximum absolute atomic E-state index is 10.1. The summed E-state index contributed by atoms with van der Waals surface area (Å²) in [4.78, 5) is 7.00. The van der Waals surface area contributed by atoms with Crippen molar-refractivity contribution in [3.63, 3.8) is 0 Å². The summed E-state index contributed by atoms with van der Waals surface area (Å²) in [5.74, 6) is 0.650. The standard InChI is InChI=1S/C13H17N3OS/c1-16(2)8-7-15-13(14)12-11(17)9-5-3-4-6-10(9)18-12/h3-6,17H,7-8H2,1-2H3,(H2,14,15). The topological polar surface area (TPSA) is 61.8 Å². The number of hydrogen-bond acceptors (Lipinski definition) is 4. The van der Waals surface area contributed by atoms with Gasteiger partial charge in [0.2, 0.25) is 0 Å². The Labute approximate surface area is 110 Å². The Kier molecular flexibility index (Phi) is 3.84. The molecule has 0 aliphatic carbocycles. The van der Waals surface area contributed by atoms with Crippen LogP contribution in [0.3, 0.4) is 0 Å². The van der Waals surface area contributed by atoms with Crippen LogP contribution in [-0.4, -0.2) is 43.0 Å². The van der Waals surface area contributed by atoms with Crippen LogP contribution in [0.25, 0.3) is 10.1 Å². The minimum Gasteiger partial charge on any atom is -0.506 e. The number of rotatable bonds is 4. The molecule has 0 saturated carbocycles. The Balaban J connectivity index is 2.27. The van der Waals surface area contributed by atoms with E-state index in [4.69, 9.17) is 5.73 Å². The molecule has 0 aliphatic heterocycles. The average molecular weight is 263 g/mol. The minimum absolute atomic E-state index is 0.238. The highest BCUT2D eigenvalue weighted by atomic mass is 32.1. The molecule has 0 amide bonds. The summed E-state index contributed by atoms with van der Waals surface area (Å²) in [6, 6.07) is 7.70. The molecule has 0 radical (unpaired) electrons. The van der Waals surface area contributed by atoms with E-state index in [0.717, 1.165) is 16.6 Å². The van der Waals surface area contributed by atoms with E-state index in [1.54, 1.807) is 0 Å². The number of aromatic hydroxyl groups is 1. The lowest BCUT2D eigenvalue weighted by atomic mass is 10.2. The lowest BCUT2D eigenvalue weighted by Gasteiger charge is -2.06. The van der Waals surface area contributed by atoms with E-state index >= 15 is 0 Å². The SMILES string of the molecule is CN(C)CCN=C(N)c1sc2ccccc2c1O. The van der Waals surface area contributed by atoms with Crippen molar-refractivity contribution < 1.29 is 5.11 Å². The number of nitrogens with zero attached hydrogens (tertiary/aromatic N) is 2.